The lowest BCUT2D eigenvalue weighted by Crippen LogP contribution is -2.64. The van der Waals surface area contributed by atoms with Crippen LogP contribution in [0.2, 0.25) is 0 Å². The second kappa shape index (κ2) is 8.77. The lowest BCUT2D eigenvalue weighted by molar-refractivity contribution is -0.158. The number of Topliss-reactive ketones (excluding diaryl/α,β-unsaturated/α-hetero) is 5. The molecular formula is C30H40O8. The quantitative estimate of drug-likeness (QED) is 0.533. The zero-order valence-corrected chi connectivity index (χ0v) is 23.5. The number of hydrogen-bond donors (Lipinski definition) is 2. The van der Waals surface area contributed by atoms with Crippen LogP contribution in [0.5, 0.6) is 0 Å². The average Bonchev–Trinajstić information content (AvgIpc) is 3.03. The van der Waals surface area contributed by atoms with Crippen molar-refractivity contribution in [1.29, 1.82) is 0 Å². The van der Waals surface area contributed by atoms with E-state index in [-0.39, 0.29) is 66.4 Å². The predicted octanol–water partition coefficient (Wildman–Crippen LogP) is 3.52. The Balaban J connectivity index is 1.81. The number of rotatable bonds is 6. The number of fused-ring (bicyclic) bond motifs is 4. The fourth-order valence-corrected chi connectivity index (χ4v) is 8.67. The van der Waals surface area contributed by atoms with Crippen LogP contribution < -0.4 is 0 Å². The normalized spacial score (nSPS) is 39.8. The Morgan fingerprint density at radius 3 is 2.11 bits per heavy atom. The number of carboxylic acid groups (broad SMARTS) is 1. The van der Waals surface area contributed by atoms with Gasteiger partial charge in [0.2, 0.25) is 0 Å². The molecule has 0 aromatic carbocycles. The molecule has 8 atom stereocenters. The van der Waals surface area contributed by atoms with Gasteiger partial charge >= 0.3 is 5.97 Å². The van der Waals surface area contributed by atoms with Gasteiger partial charge in [0.1, 0.15) is 23.5 Å². The van der Waals surface area contributed by atoms with Gasteiger partial charge in [0.25, 0.3) is 0 Å². The molecule has 4 aliphatic carbocycles. The van der Waals surface area contributed by atoms with Crippen molar-refractivity contribution >= 4 is 34.9 Å². The largest absolute Gasteiger partial charge is 0.481 e. The van der Waals surface area contributed by atoms with Crippen LogP contribution in [0.4, 0.5) is 0 Å². The monoisotopic (exact) mass is 528 g/mol. The minimum Gasteiger partial charge on any atom is -0.481 e. The molecular weight excluding hydrogens is 488 g/mol. The van der Waals surface area contributed by atoms with Crippen LogP contribution >= 0.6 is 0 Å². The van der Waals surface area contributed by atoms with Gasteiger partial charge in [0.05, 0.1) is 11.3 Å². The molecule has 0 spiro atoms. The summed E-state index contributed by atoms with van der Waals surface area (Å²) < 4.78 is 0. The number of carbonyl (C=O) groups is 6. The number of carboxylic acids is 1. The van der Waals surface area contributed by atoms with Crippen LogP contribution in [-0.4, -0.2) is 51.2 Å². The van der Waals surface area contributed by atoms with Crippen molar-refractivity contribution in [3.8, 4) is 0 Å². The molecule has 0 aliphatic heterocycles. The van der Waals surface area contributed by atoms with Gasteiger partial charge in [-0.15, -0.1) is 0 Å². The maximum absolute atomic E-state index is 14.1. The van der Waals surface area contributed by atoms with Crippen LogP contribution in [0.15, 0.2) is 11.1 Å². The SMILES string of the molecule is CC(CC(=O)CC(C)C1CC(=O)C2(C)C3=C(C(=O)C(O)C12C)C1(C)CCC(=O)C(C)(C)C1CC3=O)C(=O)O. The Morgan fingerprint density at radius 2 is 1.53 bits per heavy atom. The molecule has 0 aromatic heterocycles. The molecule has 0 saturated heterocycles. The van der Waals surface area contributed by atoms with Crippen molar-refractivity contribution in [3.05, 3.63) is 11.1 Å². The van der Waals surface area contributed by atoms with E-state index in [0.717, 1.165) is 0 Å². The van der Waals surface area contributed by atoms with Gasteiger partial charge in [-0.2, -0.15) is 0 Å². The number of aliphatic hydroxyl groups excluding tert-OH is 1. The molecule has 0 radical (unpaired) electrons. The predicted molar refractivity (Wildman–Crippen MR) is 137 cm³/mol. The van der Waals surface area contributed by atoms with E-state index in [0.29, 0.717) is 6.42 Å². The summed E-state index contributed by atoms with van der Waals surface area (Å²) in [6.07, 6.45) is -0.983. The Hall–Kier alpha value is -2.48. The third kappa shape index (κ3) is 3.51. The van der Waals surface area contributed by atoms with Gasteiger partial charge in [-0.05, 0) is 31.1 Å². The van der Waals surface area contributed by atoms with E-state index in [9.17, 15) is 33.9 Å². The number of allylic oxidation sites excluding steroid dienone is 1. The minimum atomic E-state index is -1.55. The number of hydrogen-bond acceptors (Lipinski definition) is 7. The Kier molecular flexibility index (Phi) is 6.58. The van der Waals surface area contributed by atoms with E-state index in [1.807, 2.05) is 20.8 Å². The van der Waals surface area contributed by atoms with Gasteiger partial charge in [-0.1, -0.05) is 41.5 Å². The van der Waals surface area contributed by atoms with Crippen LogP contribution in [-0.2, 0) is 28.8 Å². The fourth-order valence-electron chi connectivity index (χ4n) is 8.67. The zero-order chi connectivity index (χ0) is 28.7. The zero-order valence-electron chi connectivity index (χ0n) is 23.5. The van der Waals surface area contributed by atoms with E-state index in [1.165, 1.54) is 6.92 Å². The summed E-state index contributed by atoms with van der Waals surface area (Å²) in [7, 11) is 0. The van der Waals surface area contributed by atoms with Gasteiger partial charge in [-0.25, -0.2) is 0 Å². The van der Waals surface area contributed by atoms with Crippen LogP contribution in [0.3, 0.4) is 0 Å². The first kappa shape index (κ1) is 28.5. The van der Waals surface area contributed by atoms with Crippen molar-refractivity contribution < 1.29 is 39.0 Å². The topological polar surface area (TPSA) is 143 Å². The standard InChI is InChI=1S/C30H40O8/c1-14(10-16(31)11-15(2)26(37)38)17-12-21(34)30(7)22-18(32)13-19-27(3,4)20(33)8-9-28(19,5)23(22)24(35)25(36)29(17,30)6/h14-15,17,19,25,36H,8-13H2,1-7H3,(H,37,38). The van der Waals surface area contributed by atoms with Crippen molar-refractivity contribution in [3.63, 3.8) is 0 Å². The summed E-state index contributed by atoms with van der Waals surface area (Å²) in [6.45, 7) is 12.1. The first-order chi connectivity index (χ1) is 17.4. The molecule has 0 amide bonds. The highest BCUT2D eigenvalue weighted by Crippen LogP contribution is 2.69. The highest BCUT2D eigenvalue weighted by atomic mass is 16.4. The number of aliphatic hydroxyl groups is 1. The summed E-state index contributed by atoms with van der Waals surface area (Å²) >= 11 is 0. The first-order valence-corrected chi connectivity index (χ1v) is 13.7. The van der Waals surface area contributed by atoms with Crippen molar-refractivity contribution in [1.82, 2.24) is 0 Å². The molecule has 2 fully saturated rings. The molecule has 4 aliphatic rings. The summed E-state index contributed by atoms with van der Waals surface area (Å²) in [5, 5.41) is 20.9. The second-order valence-corrected chi connectivity index (χ2v) is 13.6. The first-order valence-electron chi connectivity index (χ1n) is 13.7. The summed E-state index contributed by atoms with van der Waals surface area (Å²) in [5.74, 6) is -4.60. The van der Waals surface area contributed by atoms with Crippen molar-refractivity contribution in [2.45, 2.75) is 93.1 Å². The molecule has 38 heavy (non-hydrogen) atoms. The molecule has 4 rings (SSSR count). The van der Waals surface area contributed by atoms with Crippen LogP contribution in [0.25, 0.3) is 0 Å². The van der Waals surface area contributed by atoms with Gasteiger partial charge < -0.3 is 10.2 Å². The minimum absolute atomic E-state index is 0.00839. The Morgan fingerprint density at radius 1 is 0.921 bits per heavy atom. The van der Waals surface area contributed by atoms with E-state index in [2.05, 4.69) is 0 Å². The summed E-state index contributed by atoms with van der Waals surface area (Å²) in [5.41, 5.74) is -3.95. The second-order valence-electron chi connectivity index (χ2n) is 13.6. The molecule has 2 saturated carbocycles. The molecule has 2 N–H and O–H groups in total. The maximum Gasteiger partial charge on any atom is 0.306 e. The molecule has 0 aromatic rings. The van der Waals surface area contributed by atoms with Crippen LogP contribution in [0, 0.1) is 45.3 Å². The smallest absolute Gasteiger partial charge is 0.306 e. The number of aliphatic carboxylic acids is 1. The maximum atomic E-state index is 14.1. The van der Waals surface area contributed by atoms with Crippen molar-refractivity contribution in [2.24, 2.45) is 45.3 Å². The Bertz CT molecular complexity index is 1190. The number of ketones is 5. The third-order valence-corrected chi connectivity index (χ3v) is 11.3. The molecule has 0 bridgehead atoms. The molecule has 8 heteroatoms. The highest BCUT2D eigenvalue weighted by Gasteiger charge is 2.73. The summed E-state index contributed by atoms with van der Waals surface area (Å²) in [6, 6.07) is 0. The Labute approximate surface area is 223 Å². The van der Waals surface area contributed by atoms with Gasteiger partial charge in [0.15, 0.2) is 11.6 Å². The van der Waals surface area contributed by atoms with E-state index < -0.39 is 63.2 Å². The average molecular weight is 529 g/mol. The van der Waals surface area contributed by atoms with Crippen LogP contribution in [0.1, 0.15) is 87.0 Å². The van der Waals surface area contributed by atoms with E-state index in [4.69, 9.17) is 5.11 Å². The molecule has 208 valence electrons. The molecule has 8 nitrogen and oxygen atoms in total. The highest BCUT2D eigenvalue weighted by molar-refractivity contribution is 6.18. The van der Waals surface area contributed by atoms with Crippen molar-refractivity contribution in [2.75, 3.05) is 0 Å². The molecule has 8 unspecified atom stereocenters. The molecule has 0 heterocycles. The lowest BCUT2D eigenvalue weighted by Gasteiger charge is -2.59. The van der Waals surface area contributed by atoms with Gasteiger partial charge in [-0.3, -0.25) is 28.8 Å². The van der Waals surface area contributed by atoms with E-state index >= 15 is 0 Å². The summed E-state index contributed by atoms with van der Waals surface area (Å²) in [4.78, 5) is 78.5. The fraction of sp³-hybridized carbons (Fsp3) is 0.733. The van der Waals surface area contributed by atoms with Gasteiger partial charge in [0, 0.05) is 59.5 Å². The lowest BCUT2D eigenvalue weighted by atomic mass is 9.42. The number of carbonyl (C=O) groups excluding carboxylic acids is 5. The van der Waals surface area contributed by atoms with E-state index in [1.54, 1.807) is 20.8 Å². The third-order valence-electron chi connectivity index (χ3n) is 11.3.